The molecular weight excluding hydrogens is 356 g/mol. The van der Waals surface area contributed by atoms with E-state index in [4.69, 9.17) is 0 Å². The topological polar surface area (TPSA) is 44.1 Å². The Morgan fingerprint density at radius 1 is 1.07 bits per heavy atom. The van der Waals surface area contributed by atoms with Gasteiger partial charge < -0.3 is 4.90 Å². The van der Waals surface area contributed by atoms with Crippen LogP contribution in [0.5, 0.6) is 0 Å². The number of rotatable bonds is 4. The van der Waals surface area contributed by atoms with E-state index in [9.17, 15) is 10.1 Å². The predicted molar refractivity (Wildman–Crippen MR) is 119 cm³/mol. The van der Waals surface area contributed by atoms with Crippen molar-refractivity contribution in [2.45, 2.75) is 27.7 Å². The Morgan fingerprint density at radius 3 is 2.34 bits per heavy atom. The Labute approximate surface area is 173 Å². The molecule has 2 aromatic rings. The van der Waals surface area contributed by atoms with Crippen molar-refractivity contribution in [2.75, 3.05) is 11.4 Å². The van der Waals surface area contributed by atoms with Gasteiger partial charge in [-0.15, -0.1) is 0 Å². The van der Waals surface area contributed by atoms with Gasteiger partial charge in [0.15, 0.2) is 0 Å². The predicted octanol–water partition coefficient (Wildman–Crippen LogP) is 6.17. The highest BCUT2D eigenvalue weighted by Crippen LogP contribution is 2.38. The molecule has 0 saturated heterocycles. The van der Waals surface area contributed by atoms with Crippen LogP contribution in [0, 0.1) is 16.7 Å². The van der Waals surface area contributed by atoms with Gasteiger partial charge in [-0.05, 0) is 30.6 Å². The maximum Gasteiger partial charge on any atom is 0.204 e. The summed E-state index contributed by atoms with van der Waals surface area (Å²) in [6.45, 7) is 9.33. The molecule has 146 valence electrons. The van der Waals surface area contributed by atoms with E-state index in [2.05, 4.69) is 50.8 Å². The van der Waals surface area contributed by atoms with E-state index in [1.165, 1.54) is 0 Å². The molecule has 0 bridgehead atoms. The molecule has 3 rings (SSSR count). The fourth-order valence-electron chi connectivity index (χ4n) is 3.38. The van der Waals surface area contributed by atoms with Gasteiger partial charge in [0.05, 0.1) is 0 Å². The molecule has 29 heavy (non-hydrogen) atoms. The van der Waals surface area contributed by atoms with Crippen LogP contribution in [-0.4, -0.2) is 12.3 Å². The Hall–Kier alpha value is -3.38. The van der Waals surface area contributed by atoms with Gasteiger partial charge >= 0.3 is 0 Å². The minimum Gasteiger partial charge on any atom is -0.341 e. The molecule has 2 aromatic carbocycles. The lowest BCUT2D eigenvalue weighted by atomic mass is 9.89. The van der Waals surface area contributed by atoms with E-state index >= 15 is 0 Å². The molecule has 0 N–H and O–H groups in total. The lowest BCUT2D eigenvalue weighted by molar-refractivity contribution is 0.103. The van der Waals surface area contributed by atoms with Gasteiger partial charge in [0, 0.05) is 34.6 Å². The smallest absolute Gasteiger partial charge is 0.204 e. The maximum atomic E-state index is 13.1. The molecule has 1 aliphatic rings. The molecule has 3 heteroatoms. The molecule has 3 nitrogen and oxygen atoms in total. The molecule has 1 heterocycles. The number of benzene rings is 2. The van der Waals surface area contributed by atoms with Crippen LogP contribution < -0.4 is 4.90 Å². The summed E-state index contributed by atoms with van der Waals surface area (Å²) in [7, 11) is 0. The second-order valence-electron chi connectivity index (χ2n) is 8.13. The summed E-state index contributed by atoms with van der Waals surface area (Å²) in [4.78, 5) is 15.3. The molecule has 0 saturated carbocycles. The van der Waals surface area contributed by atoms with Crippen LogP contribution in [0.3, 0.4) is 0 Å². The number of likely N-dealkylation sites (N-methyl/N-ethyl adjacent to an activating group) is 1. The number of para-hydroxylation sites is 1. The number of allylic oxidation sites excluding steroid dienone is 5. The molecule has 0 atom stereocenters. The first-order valence-corrected chi connectivity index (χ1v) is 9.87. The maximum absolute atomic E-state index is 13.1. The van der Waals surface area contributed by atoms with E-state index < -0.39 is 0 Å². The zero-order valence-electron chi connectivity index (χ0n) is 17.4. The van der Waals surface area contributed by atoms with Gasteiger partial charge in [0.2, 0.25) is 5.78 Å². The standard InChI is InChI=1S/C26H26N2O/c1-5-28-20(15-16-26(2,3)4)17-22(21-13-9-10-14-24(21)28)23(18-27)25(29)19-11-7-6-8-12-19/h6-17H,5H2,1-4H3/b16-15+,23-22+. The minimum atomic E-state index is -0.252. The van der Waals surface area contributed by atoms with Crippen LogP contribution in [0.1, 0.15) is 43.6 Å². The number of nitriles is 1. The van der Waals surface area contributed by atoms with E-state index in [0.717, 1.165) is 23.5 Å². The normalized spacial score (nSPS) is 15.6. The fourth-order valence-corrected chi connectivity index (χ4v) is 3.38. The van der Waals surface area contributed by atoms with Crippen LogP contribution in [0.4, 0.5) is 5.69 Å². The first kappa shape index (κ1) is 20.4. The minimum absolute atomic E-state index is 0.0268. The van der Waals surface area contributed by atoms with Crippen LogP contribution in [0.15, 0.2) is 84.1 Å². The number of anilines is 1. The first-order chi connectivity index (χ1) is 13.9. The number of Topliss-reactive ketones (excluding diaryl/α,β-unsaturated/α-hetero) is 1. The van der Waals surface area contributed by atoms with Gasteiger partial charge in [0.25, 0.3) is 0 Å². The fraction of sp³-hybridized carbons (Fsp3) is 0.231. The van der Waals surface area contributed by atoms with Crippen molar-refractivity contribution in [3.05, 3.63) is 95.2 Å². The monoisotopic (exact) mass is 382 g/mol. The van der Waals surface area contributed by atoms with Crippen molar-refractivity contribution in [3.8, 4) is 6.07 Å². The van der Waals surface area contributed by atoms with E-state index in [1.54, 1.807) is 12.1 Å². The van der Waals surface area contributed by atoms with Crippen LogP contribution in [-0.2, 0) is 0 Å². The van der Waals surface area contributed by atoms with Crippen LogP contribution >= 0.6 is 0 Å². The number of carbonyl (C=O) groups is 1. The molecule has 1 aliphatic heterocycles. The van der Waals surface area contributed by atoms with Crippen LogP contribution in [0.2, 0.25) is 0 Å². The zero-order chi connectivity index (χ0) is 21.0. The summed E-state index contributed by atoms with van der Waals surface area (Å²) in [6.07, 6.45) is 6.20. The second kappa shape index (κ2) is 8.32. The molecule has 0 unspecified atom stereocenters. The van der Waals surface area contributed by atoms with Gasteiger partial charge in [-0.2, -0.15) is 5.26 Å². The lowest BCUT2D eigenvalue weighted by Crippen LogP contribution is -2.25. The number of fused-ring (bicyclic) bond motifs is 1. The Kier molecular flexibility index (Phi) is 5.84. The van der Waals surface area contributed by atoms with Gasteiger partial charge in [-0.3, -0.25) is 4.79 Å². The lowest BCUT2D eigenvalue weighted by Gasteiger charge is -2.32. The van der Waals surface area contributed by atoms with Gasteiger partial charge in [0.1, 0.15) is 11.6 Å². The highest BCUT2D eigenvalue weighted by atomic mass is 16.1. The Balaban J connectivity index is 2.24. The van der Waals surface area contributed by atoms with E-state index in [0.29, 0.717) is 11.1 Å². The number of hydrogen-bond acceptors (Lipinski definition) is 3. The highest BCUT2D eigenvalue weighted by molar-refractivity contribution is 6.18. The van der Waals surface area contributed by atoms with Crippen molar-refractivity contribution >= 4 is 17.0 Å². The van der Waals surface area contributed by atoms with Crippen molar-refractivity contribution in [1.82, 2.24) is 0 Å². The summed E-state index contributed by atoms with van der Waals surface area (Å²) < 4.78 is 0. The number of nitrogens with zero attached hydrogens (tertiary/aromatic N) is 2. The SMILES string of the molecule is CCN1C(/C=C/C(C)(C)C)=CC(=C(/C#N)C(=O)c2ccccc2)/c2ccccc21. The van der Waals surface area contributed by atoms with Gasteiger partial charge in [-0.1, -0.05) is 75.4 Å². The van der Waals surface area contributed by atoms with E-state index in [-0.39, 0.29) is 16.8 Å². The van der Waals surface area contributed by atoms with Gasteiger partial charge in [-0.25, -0.2) is 0 Å². The summed E-state index contributed by atoms with van der Waals surface area (Å²) in [5.41, 5.74) is 4.28. The third-order valence-electron chi connectivity index (χ3n) is 4.80. The number of carbonyl (C=O) groups excluding carboxylic acids is 1. The largest absolute Gasteiger partial charge is 0.341 e. The summed E-state index contributed by atoms with van der Waals surface area (Å²) >= 11 is 0. The Bertz CT molecular complexity index is 1040. The Morgan fingerprint density at radius 2 is 1.72 bits per heavy atom. The summed E-state index contributed by atoms with van der Waals surface area (Å²) in [6, 6.07) is 19.1. The quantitative estimate of drug-likeness (QED) is 0.361. The third kappa shape index (κ3) is 4.38. The van der Waals surface area contributed by atoms with Crippen molar-refractivity contribution < 1.29 is 4.79 Å². The average molecular weight is 383 g/mol. The first-order valence-electron chi connectivity index (χ1n) is 9.87. The third-order valence-corrected chi connectivity index (χ3v) is 4.80. The van der Waals surface area contributed by atoms with Crippen LogP contribution in [0.25, 0.3) is 5.57 Å². The average Bonchev–Trinajstić information content (AvgIpc) is 2.72. The van der Waals surface area contributed by atoms with Crippen molar-refractivity contribution in [1.29, 1.82) is 5.26 Å². The van der Waals surface area contributed by atoms with Crippen molar-refractivity contribution in [3.63, 3.8) is 0 Å². The molecule has 0 spiro atoms. The number of ketones is 1. The molecular formula is C26H26N2O. The zero-order valence-corrected chi connectivity index (χ0v) is 17.4. The highest BCUT2D eigenvalue weighted by Gasteiger charge is 2.25. The van der Waals surface area contributed by atoms with E-state index in [1.807, 2.05) is 48.5 Å². The number of hydrogen-bond donors (Lipinski definition) is 0. The molecule has 0 aromatic heterocycles. The van der Waals surface area contributed by atoms with Crippen molar-refractivity contribution in [2.24, 2.45) is 5.41 Å². The molecule has 0 radical (unpaired) electrons. The summed E-state index contributed by atoms with van der Waals surface area (Å²) in [5, 5.41) is 9.91. The summed E-state index contributed by atoms with van der Waals surface area (Å²) in [5.74, 6) is -0.252. The molecule has 0 fully saturated rings. The second-order valence-corrected chi connectivity index (χ2v) is 8.13. The molecule has 0 amide bonds. The molecule has 0 aliphatic carbocycles.